The smallest absolute Gasteiger partial charge is 0.242 e. The van der Waals surface area contributed by atoms with E-state index in [2.05, 4.69) is 22.1 Å². The van der Waals surface area contributed by atoms with Gasteiger partial charge in [-0.05, 0) is 25.7 Å². The van der Waals surface area contributed by atoms with Gasteiger partial charge in [0.2, 0.25) is 17.7 Å². The zero-order valence-corrected chi connectivity index (χ0v) is 16.3. The molecule has 0 fully saturated rings. The number of hydrogen-bond donors (Lipinski definition) is 5. The van der Waals surface area contributed by atoms with Crippen molar-refractivity contribution in [1.29, 1.82) is 0 Å². The molecule has 1 aromatic heterocycles. The first kappa shape index (κ1) is 24.1. The van der Waals surface area contributed by atoms with Crippen molar-refractivity contribution in [2.24, 2.45) is 24.2 Å². The van der Waals surface area contributed by atoms with Crippen LogP contribution in [0.25, 0.3) is 10.9 Å². The maximum absolute atomic E-state index is 12.2. The summed E-state index contributed by atoms with van der Waals surface area (Å²) in [6.07, 6.45) is 1.77. The number of nitrogens with two attached hydrogens (primary N) is 3. The van der Waals surface area contributed by atoms with Crippen LogP contribution in [0.3, 0.4) is 0 Å². The van der Waals surface area contributed by atoms with Crippen LogP contribution in [-0.2, 0) is 27.9 Å². The molecule has 0 bridgehead atoms. The number of aryl methyl sites for hydroxylation is 1. The third-order valence-corrected chi connectivity index (χ3v) is 3.63. The van der Waals surface area contributed by atoms with Crippen LogP contribution in [-0.4, -0.2) is 49.5 Å². The Labute approximate surface area is 159 Å². The van der Waals surface area contributed by atoms with Gasteiger partial charge in [-0.3, -0.25) is 14.4 Å². The minimum Gasteiger partial charge on any atom is -0.370 e. The van der Waals surface area contributed by atoms with Crippen LogP contribution in [0.5, 0.6) is 0 Å². The van der Waals surface area contributed by atoms with E-state index in [1.165, 1.54) is 21.1 Å². The van der Waals surface area contributed by atoms with Gasteiger partial charge < -0.3 is 32.4 Å². The molecule has 150 valence electrons. The summed E-state index contributed by atoms with van der Waals surface area (Å²) in [4.78, 5) is 35.0. The molecule has 0 radical (unpaired) electrons. The molecule has 0 aliphatic heterocycles. The van der Waals surface area contributed by atoms with E-state index < -0.39 is 17.9 Å². The first-order valence-corrected chi connectivity index (χ1v) is 8.40. The zero-order chi connectivity index (χ0) is 21.0. The summed E-state index contributed by atoms with van der Waals surface area (Å²) >= 11 is 0. The Bertz CT molecular complexity index is 757. The second kappa shape index (κ2) is 12.4. The molecule has 27 heavy (non-hydrogen) atoms. The van der Waals surface area contributed by atoms with Crippen molar-refractivity contribution < 1.29 is 14.4 Å². The maximum atomic E-state index is 12.2. The predicted octanol–water partition coefficient (Wildman–Crippen LogP) is -1.02. The van der Waals surface area contributed by atoms with Gasteiger partial charge in [0.05, 0.1) is 12.8 Å². The van der Waals surface area contributed by atoms with Gasteiger partial charge >= 0.3 is 0 Å². The maximum Gasteiger partial charge on any atom is 0.242 e. The highest BCUT2D eigenvalue weighted by molar-refractivity contribution is 5.94. The number of hydrogen-bond acceptors (Lipinski definition) is 5. The van der Waals surface area contributed by atoms with Crippen LogP contribution in [0.15, 0.2) is 30.5 Å². The molecule has 0 spiro atoms. The van der Waals surface area contributed by atoms with E-state index in [1.54, 1.807) is 0 Å². The summed E-state index contributed by atoms with van der Waals surface area (Å²) in [7, 11) is 6.34. The number of nitrogens with one attached hydrogen (secondary N) is 2. The van der Waals surface area contributed by atoms with Crippen molar-refractivity contribution in [1.82, 2.24) is 15.2 Å². The SMILES string of the molecule is CN.CN.CNC(=O)[C@H](CC(N)=O)NC(=O)Cc1cn(C)c2ccccc12. The number of carbonyl (C=O) groups is 3. The van der Waals surface area contributed by atoms with E-state index >= 15 is 0 Å². The normalized spacial score (nSPS) is 10.6. The average Bonchev–Trinajstić information content (AvgIpc) is 2.99. The topological polar surface area (TPSA) is 158 Å². The van der Waals surface area contributed by atoms with Crippen LogP contribution >= 0.6 is 0 Å². The van der Waals surface area contributed by atoms with Crippen molar-refractivity contribution in [3.63, 3.8) is 0 Å². The standard InChI is InChI=1S/C16H20N4O3.2CH5N/c1-18-16(23)12(8-14(17)21)19-15(22)7-10-9-20(2)13-6-4-3-5-11(10)13;2*1-2/h3-6,9,12H,7-8H2,1-2H3,(H2,17,21)(H,18,23)(H,19,22);2*2H2,1H3/t12-;;/m0../s1. The molecule has 3 amide bonds. The van der Waals surface area contributed by atoms with Crippen LogP contribution in [0, 0.1) is 0 Å². The Morgan fingerprint density at radius 1 is 1.11 bits per heavy atom. The van der Waals surface area contributed by atoms with Crippen molar-refractivity contribution in [3.05, 3.63) is 36.0 Å². The van der Waals surface area contributed by atoms with Gasteiger partial charge in [-0.15, -0.1) is 0 Å². The van der Waals surface area contributed by atoms with Crippen LogP contribution < -0.4 is 27.8 Å². The first-order chi connectivity index (χ1) is 12.9. The third kappa shape index (κ3) is 7.08. The van der Waals surface area contributed by atoms with Gasteiger partial charge in [-0.2, -0.15) is 0 Å². The highest BCUT2D eigenvalue weighted by Crippen LogP contribution is 2.20. The molecule has 0 unspecified atom stereocenters. The van der Waals surface area contributed by atoms with E-state index in [0.29, 0.717) is 0 Å². The van der Waals surface area contributed by atoms with Crippen molar-refractivity contribution in [3.8, 4) is 0 Å². The molecule has 0 aliphatic carbocycles. The van der Waals surface area contributed by atoms with Gasteiger partial charge in [0.25, 0.3) is 0 Å². The van der Waals surface area contributed by atoms with Crippen LogP contribution in [0.4, 0.5) is 0 Å². The number of benzene rings is 1. The lowest BCUT2D eigenvalue weighted by Crippen LogP contribution is -2.48. The number of aromatic nitrogens is 1. The molecule has 0 saturated carbocycles. The monoisotopic (exact) mass is 378 g/mol. The fourth-order valence-electron chi connectivity index (χ4n) is 2.57. The number of primary amides is 1. The lowest BCUT2D eigenvalue weighted by molar-refractivity contribution is -0.130. The largest absolute Gasteiger partial charge is 0.370 e. The van der Waals surface area contributed by atoms with Crippen molar-refractivity contribution >= 4 is 28.6 Å². The fraction of sp³-hybridized carbons (Fsp3) is 0.389. The molecular formula is C18H30N6O3. The zero-order valence-electron chi connectivity index (χ0n) is 16.3. The summed E-state index contributed by atoms with van der Waals surface area (Å²) in [6, 6.07) is 6.79. The molecule has 1 aromatic carbocycles. The number of fused-ring (bicyclic) bond motifs is 1. The van der Waals surface area contributed by atoms with E-state index in [-0.39, 0.29) is 18.7 Å². The highest BCUT2D eigenvalue weighted by Gasteiger charge is 2.22. The second-order valence-corrected chi connectivity index (χ2v) is 5.36. The molecule has 1 atom stereocenters. The number of amides is 3. The molecule has 2 rings (SSSR count). The lowest BCUT2D eigenvalue weighted by Gasteiger charge is -2.15. The molecule has 0 saturated heterocycles. The summed E-state index contributed by atoms with van der Waals surface area (Å²) in [5.74, 6) is -1.43. The molecule has 9 nitrogen and oxygen atoms in total. The van der Waals surface area contributed by atoms with E-state index in [1.807, 2.05) is 42.1 Å². The number of likely N-dealkylation sites (N-methyl/N-ethyl adjacent to an activating group) is 1. The summed E-state index contributed by atoms with van der Waals surface area (Å²) in [5, 5.41) is 5.95. The highest BCUT2D eigenvalue weighted by atomic mass is 16.2. The molecular weight excluding hydrogens is 348 g/mol. The fourth-order valence-corrected chi connectivity index (χ4v) is 2.57. The Balaban J connectivity index is 0.00000158. The lowest BCUT2D eigenvalue weighted by atomic mass is 10.1. The Morgan fingerprint density at radius 3 is 2.26 bits per heavy atom. The second-order valence-electron chi connectivity index (χ2n) is 5.36. The van der Waals surface area contributed by atoms with Gasteiger partial charge in [0, 0.05) is 31.2 Å². The van der Waals surface area contributed by atoms with E-state index in [9.17, 15) is 14.4 Å². The minimum absolute atomic E-state index is 0.119. The Kier molecular flexibility index (Phi) is 11.1. The first-order valence-electron chi connectivity index (χ1n) is 8.40. The number of carbonyl (C=O) groups excluding carboxylic acids is 3. The number of rotatable bonds is 6. The summed E-state index contributed by atoms with van der Waals surface area (Å²) in [6.45, 7) is 0. The molecule has 0 aliphatic rings. The number of nitrogens with zero attached hydrogens (tertiary/aromatic N) is 1. The molecule has 9 heteroatoms. The summed E-state index contributed by atoms with van der Waals surface area (Å²) < 4.78 is 1.94. The van der Waals surface area contributed by atoms with Crippen LogP contribution in [0.1, 0.15) is 12.0 Å². The molecule has 2 aromatic rings. The quantitative estimate of drug-likeness (QED) is 0.434. The van der Waals surface area contributed by atoms with E-state index in [4.69, 9.17) is 5.73 Å². The van der Waals surface area contributed by atoms with Crippen LogP contribution in [0.2, 0.25) is 0 Å². The van der Waals surface area contributed by atoms with E-state index in [0.717, 1.165) is 16.5 Å². The van der Waals surface area contributed by atoms with Gasteiger partial charge in [-0.25, -0.2) is 0 Å². The predicted molar refractivity (Wildman–Crippen MR) is 107 cm³/mol. The van der Waals surface area contributed by atoms with Crippen molar-refractivity contribution in [2.45, 2.75) is 18.9 Å². The third-order valence-electron chi connectivity index (χ3n) is 3.63. The molecule has 1 heterocycles. The Hall–Kier alpha value is -2.91. The summed E-state index contributed by atoms with van der Waals surface area (Å²) in [5.41, 5.74) is 16.0. The number of para-hydroxylation sites is 1. The minimum atomic E-state index is -0.958. The van der Waals surface area contributed by atoms with Gasteiger partial charge in [0.15, 0.2) is 0 Å². The average molecular weight is 378 g/mol. The van der Waals surface area contributed by atoms with Gasteiger partial charge in [0.1, 0.15) is 6.04 Å². The molecule has 8 N–H and O–H groups in total. The Morgan fingerprint density at radius 2 is 1.70 bits per heavy atom. The van der Waals surface area contributed by atoms with Crippen molar-refractivity contribution in [2.75, 3.05) is 21.1 Å². The van der Waals surface area contributed by atoms with Gasteiger partial charge in [-0.1, -0.05) is 18.2 Å².